The lowest BCUT2D eigenvalue weighted by Crippen LogP contribution is -2.45. The fourth-order valence-corrected chi connectivity index (χ4v) is 2.41. The van der Waals surface area contributed by atoms with E-state index in [2.05, 4.69) is 16.0 Å². The number of unbranched alkanes of at least 4 members (excludes halogenated alkanes) is 1. The molecule has 0 saturated heterocycles. The first-order valence-electron chi connectivity index (χ1n) is 9.34. The smallest absolute Gasteiger partial charge is 0.246 e. The average molecular weight is 394 g/mol. The Morgan fingerprint density at radius 3 is 2.39 bits per heavy atom. The number of hydrogen-bond donors (Lipinski definition) is 5. The molecule has 28 heavy (non-hydrogen) atoms. The van der Waals surface area contributed by atoms with E-state index in [0.29, 0.717) is 31.6 Å². The van der Waals surface area contributed by atoms with Crippen molar-refractivity contribution in [3.8, 4) is 0 Å². The molecule has 1 aromatic carbocycles. The first kappa shape index (κ1) is 23.5. The summed E-state index contributed by atoms with van der Waals surface area (Å²) in [4.78, 5) is 35.9. The third-order valence-corrected chi connectivity index (χ3v) is 3.84. The molecule has 1 unspecified atom stereocenters. The first-order chi connectivity index (χ1) is 13.5. The third kappa shape index (κ3) is 9.45. The van der Waals surface area contributed by atoms with Crippen LogP contribution in [-0.4, -0.2) is 55.2 Å². The maximum Gasteiger partial charge on any atom is 0.246 e. The molecule has 9 nitrogen and oxygen atoms in total. The number of ether oxygens (including phenoxy) is 1. The van der Waals surface area contributed by atoms with Gasteiger partial charge >= 0.3 is 0 Å². The molecule has 6 N–H and O–H groups in total. The number of likely N-dealkylation sites (N-methyl/N-ethyl adjacent to an activating group) is 1. The van der Waals surface area contributed by atoms with Gasteiger partial charge in [0.25, 0.3) is 0 Å². The fourth-order valence-electron chi connectivity index (χ4n) is 2.41. The SMILES string of the molecule is CCNC(=O)COCC(=O)NC(CCCCN)C(=O)Nc1ccc(CO)cc1. The number of benzene rings is 1. The van der Waals surface area contributed by atoms with Crippen molar-refractivity contribution < 1.29 is 24.2 Å². The van der Waals surface area contributed by atoms with Crippen molar-refractivity contribution in [1.82, 2.24) is 10.6 Å². The molecule has 0 aliphatic heterocycles. The Hall–Kier alpha value is -2.49. The summed E-state index contributed by atoms with van der Waals surface area (Å²) < 4.78 is 5.06. The number of aliphatic hydroxyl groups is 1. The normalized spacial score (nSPS) is 11.5. The predicted octanol–water partition coefficient (Wildman–Crippen LogP) is -0.116. The van der Waals surface area contributed by atoms with Gasteiger partial charge in [0.05, 0.1) is 6.61 Å². The summed E-state index contributed by atoms with van der Waals surface area (Å²) in [5.41, 5.74) is 6.79. The largest absolute Gasteiger partial charge is 0.392 e. The number of nitrogens with two attached hydrogens (primary N) is 1. The van der Waals surface area contributed by atoms with E-state index in [0.717, 1.165) is 12.0 Å². The van der Waals surface area contributed by atoms with E-state index >= 15 is 0 Å². The quantitative estimate of drug-likeness (QED) is 0.295. The Bertz CT molecular complexity index is 621. The molecule has 1 rings (SSSR count). The van der Waals surface area contributed by atoms with Crippen LogP contribution in [0.1, 0.15) is 31.7 Å². The predicted molar refractivity (Wildman–Crippen MR) is 105 cm³/mol. The minimum Gasteiger partial charge on any atom is -0.392 e. The third-order valence-electron chi connectivity index (χ3n) is 3.84. The molecule has 0 aliphatic carbocycles. The monoisotopic (exact) mass is 394 g/mol. The van der Waals surface area contributed by atoms with Gasteiger partial charge in [-0.3, -0.25) is 14.4 Å². The van der Waals surface area contributed by atoms with Crippen molar-refractivity contribution in [2.75, 3.05) is 31.6 Å². The highest BCUT2D eigenvalue weighted by atomic mass is 16.5. The second-order valence-electron chi connectivity index (χ2n) is 6.20. The minimum absolute atomic E-state index is 0.0811. The molecule has 9 heteroatoms. The molecule has 0 spiro atoms. The summed E-state index contributed by atoms with van der Waals surface area (Å²) in [6.07, 6.45) is 1.84. The lowest BCUT2D eigenvalue weighted by Gasteiger charge is -2.18. The average Bonchev–Trinajstić information content (AvgIpc) is 2.68. The maximum atomic E-state index is 12.6. The lowest BCUT2D eigenvalue weighted by atomic mass is 10.1. The Morgan fingerprint density at radius 1 is 1.11 bits per heavy atom. The molecule has 0 aromatic heterocycles. The van der Waals surface area contributed by atoms with E-state index in [-0.39, 0.29) is 31.6 Å². The van der Waals surface area contributed by atoms with Crippen molar-refractivity contribution >= 4 is 23.4 Å². The van der Waals surface area contributed by atoms with Crippen LogP contribution in [0.3, 0.4) is 0 Å². The number of hydrogen-bond acceptors (Lipinski definition) is 6. The van der Waals surface area contributed by atoms with Gasteiger partial charge in [0, 0.05) is 12.2 Å². The number of anilines is 1. The van der Waals surface area contributed by atoms with Gasteiger partial charge in [0.15, 0.2) is 0 Å². The summed E-state index contributed by atoms with van der Waals surface area (Å²) in [7, 11) is 0. The second kappa shape index (κ2) is 13.6. The summed E-state index contributed by atoms with van der Waals surface area (Å²) in [5.74, 6) is -1.14. The standard InChI is InChI=1S/C19H30N4O5/c1-2-21-17(25)12-28-13-18(26)23-16(5-3-4-10-20)19(27)22-15-8-6-14(11-24)7-9-15/h6-9,16,24H,2-5,10-13,20H2,1H3,(H,21,25)(H,22,27)(H,23,26). The van der Waals surface area contributed by atoms with Crippen LogP contribution >= 0.6 is 0 Å². The van der Waals surface area contributed by atoms with E-state index in [4.69, 9.17) is 15.6 Å². The van der Waals surface area contributed by atoms with Crippen molar-refractivity contribution in [3.63, 3.8) is 0 Å². The van der Waals surface area contributed by atoms with Crippen LogP contribution in [0, 0.1) is 0 Å². The van der Waals surface area contributed by atoms with E-state index in [1.807, 2.05) is 0 Å². The number of amides is 3. The van der Waals surface area contributed by atoms with Gasteiger partial charge in [-0.1, -0.05) is 12.1 Å². The van der Waals surface area contributed by atoms with E-state index in [1.165, 1.54) is 0 Å². The van der Waals surface area contributed by atoms with Gasteiger partial charge in [0.1, 0.15) is 19.3 Å². The topological polar surface area (TPSA) is 143 Å². The first-order valence-corrected chi connectivity index (χ1v) is 9.34. The summed E-state index contributed by atoms with van der Waals surface area (Å²) in [5, 5.41) is 17.0. The van der Waals surface area contributed by atoms with Crippen LogP contribution < -0.4 is 21.7 Å². The van der Waals surface area contributed by atoms with Crippen LogP contribution in [0.5, 0.6) is 0 Å². The molecular weight excluding hydrogens is 364 g/mol. The molecular formula is C19H30N4O5. The van der Waals surface area contributed by atoms with Gasteiger partial charge in [-0.05, 0) is 50.4 Å². The number of rotatable bonds is 13. The number of nitrogens with one attached hydrogen (secondary N) is 3. The van der Waals surface area contributed by atoms with Crippen LogP contribution in [-0.2, 0) is 25.7 Å². The minimum atomic E-state index is -0.746. The molecule has 0 fully saturated rings. The van der Waals surface area contributed by atoms with Crippen LogP contribution in [0.25, 0.3) is 0 Å². The molecule has 0 heterocycles. The molecule has 1 aromatic rings. The second-order valence-corrected chi connectivity index (χ2v) is 6.20. The zero-order chi connectivity index (χ0) is 20.8. The number of carbonyl (C=O) groups is 3. The highest BCUT2D eigenvalue weighted by Gasteiger charge is 2.20. The van der Waals surface area contributed by atoms with Crippen molar-refractivity contribution in [2.24, 2.45) is 5.73 Å². The molecule has 156 valence electrons. The zero-order valence-corrected chi connectivity index (χ0v) is 16.2. The summed E-state index contributed by atoms with van der Waals surface area (Å²) in [6, 6.07) is 6.01. The van der Waals surface area contributed by atoms with E-state index in [1.54, 1.807) is 31.2 Å². The molecule has 1 atom stereocenters. The van der Waals surface area contributed by atoms with E-state index in [9.17, 15) is 14.4 Å². The Kier molecular flexibility index (Phi) is 11.5. The molecule has 0 radical (unpaired) electrons. The van der Waals surface area contributed by atoms with Gasteiger partial charge < -0.3 is 31.5 Å². The van der Waals surface area contributed by atoms with Gasteiger partial charge in [-0.15, -0.1) is 0 Å². The Balaban J connectivity index is 2.58. The molecule has 3 amide bonds. The van der Waals surface area contributed by atoms with Crippen molar-refractivity contribution in [2.45, 2.75) is 38.8 Å². The molecule has 0 aliphatic rings. The van der Waals surface area contributed by atoms with Gasteiger partial charge in [0.2, 0.25) is 17.7 Å². The van der Waals surface area contributed by atoms with Gasteiger partial charge in [-0.25, -0.2) is 0 Å². The van der Waals surface area contributed by atoms with Gasteiger partial charge in [-0.2, -0.15) is 0 Å². The zero-order valence-electron chi connectivity index (χ0n) is 16.2. The van der Waals surface area contributed by atoms with E-state index < -0.39 is 11.9 Å². The summed E-state index contributed by atoms with van der Waals surface area (Å²) in [6.45, 7) is 2.15. The van der Waals surface area contributed by atoms with Crippen LogP contribution in [0.2, 0.25) is 0 Å². The molecule has 0 saturated carbocycles. The Morgan fingerprint density at radius 2 is 1.79 bits per heavy atom. The molecule has 0 bridgehead atoms. The highest BCUT2D eigenvalue weighted by Crippen LogP contribution is 2.11. The lowest BCUT2D eigenvalue weighted by molar-refractivity contribution is -0.133. The highest BCUT2D eigenvalue weighted by molar-refractivity contribution is 5.97. The Labute approximate surface area is 165 Å². The fraction of sp³-hybridized carbons (Fsp3) is 0.526. The number of aliphatic hydroxyl groups excluding tert-OH is 1. The van der Waals surface area contributed by atoms with Crippen molar-refractivity contribution in [3.05, 3.63) is 29.8 Å². The van der Waals surface area contributed by atoms with Crippen LogP contribution in [0.4, 0.5) is 5.69 Å². The number of carbonyl (C=O) groups excluding carboxylic acids is 3. The maximum absolute atomic E-state index is 12.6. The summed E-state index contributed by atoms with van der Waals surface area (Å²) >= 11 is 0. The van der Waals surface area contributed by atoms with Crippen molar-refractivity contribution in [1.29, 1.82) is 0 Å². The van der Waals surface area contributed by atoms with Crippen LogP contribution in [0.15, 0.2) is 24.3 Å².